The summed E-state index contributed by atoms with van der Waals surface area (Å²) in [7, 11) is 1.57. The SMILES string of the molecule is COc1ccc(Br)cc1/C=N\NC(=O)CSc1nnc(Cn2nnc3ccccc32)n1-c1ccc(Cl)cc1Cl. The van der Waals surface area contributed by atoms with Crippen LogP contribution in [-0.4, -0.2) is 54.7 Å². The maximum Gasteiger partial charge on any atom is 0.250 e. The van der Waals surface area contributed by atoms with Crippen LogP contribution in [0.5, 0.6) is 5.75 Å². The van der Waals surface area contributed by atoms with Crippen LogP contribution < -0.4 is 10.2 Å². The molecule has 5 rings (SSSR count). The number of hydrazone groups is 1. The van der Waals surface area contributed by atoms with E-state index in [9.17, 15) is 4.79 Å². The standard InChI is InChI=1S/C25H19BrCl2N8O2S/c1-38-22-9-6-16(26)10-15(22)12-29-32-24(37)14-39-25-33-31-23(36(25)20-8-7-17(27)11-18(20)28)13-35-21-5-3-2-4-19(21)30-34-35/h2-12H,13-14H2,1H3,(H,32,37)/b29-12-. The fourth-order valence-corrected chi connectivity index (χ4v) is 5.34. The number of benzene rings is 3. The molecule has 0 saturated heterocycles. The third-order valence-electron chi connectivity index (χ3n) is 5.48. The first-order valence-electron chi connectivity index (χ1n) is 11.4. The van der Waals surface area contributed by atoms with Gasteiger partial charge in [-0.15, -0.1) is 15.3 Å². The van der Waals surface area contributed by atoms with Gasteiger partial charge in [0, 0.05) is 15.1 Å². The van der Waals surface area contributed by atoms with Gasteiger partial charge in [-0.3, -0.25) is 9.36 Å². The topological polar surface area (TPSA) is 112 Å². The molecule has 10 nitrogen and oxygen atoms in total. The van der Waals surface area contributed by atoms with Crippen LogP contribution in [0.3, 0.4) is 0 Å². The maximum absolute atomic E-state index is 12.6. The molecule has 0 aliphatic rings. The minimum atomic E-state index is -0.328. The zero-order chi connectivity index (χ0) is 27.4. The number of methoxy groups -OCH3 is 1. The highest BCUT2D eigenvalue weighted by molar-refractivity contribution is 9.10. The molecular formula is C25H19BrCl2N8O2S. The van der Waals surface area contributed by atoms with Gasteiger partial charge in [-0.1, -0.05) is 68.2 Å². The van der Waals surface area contributed by atoms with E-state index in [1.165, 1.54) is 18.0 Å². The van der Waals surface area contributed by atoms with E-state index in [1.807, 2.05) is 36.4 Å². The Morgan fingerprint density at radius 3 is 2.79 bits per heavy atom. The second kappa shape index (κ2) is 12.2. The van der Waals surface area contributed by atoms with Crippen molar-refractivity contribution in [2.75, 3.05) is 12.9 Å². The Balaban J connectivity index is 1.36. The second-order valence-electron chi connectivity index (χ2n) is 8.03. The van der Waals surface area contributed by atoms with Gasteiger partial charge in [0.2, 0.25) is 0 Å². The molecule has 39 heavy (non-hydrogen) atoms. The van der Waals surface area contributed by atoms with Gasteiger partial charge in [0.1, 0.15) is 17.8 Å². The molecule has 2 aromatic heterocycles. The van der Waals surface area contributed by atoms with Crippen LogP contribution in [0.25, 0.3) is 16.7 Å². The van der Waals surface area contributed by atoms with Gasteiger partial charge in [-0.25, -0.2) is 10.1 Å². The number of aromatic nitrogens is 6. The maximum atomic E-state index is 12.6. The summed E-state index contributed by atoms with van der Waals surface area (Å²) < 4.78 is 9.69. The van der Waals surface area contributed by atoms with E-state index < -0.39 is 0 Å². The Kier molecular flexibility index (Phi) is 8.46. The summed E-state index contributed by atoms with van der Waals surface area (Å²) in [6, 6.07) is 18.3. The van der Waals surface area contributed by atoms with Crippen molar-refractivity contribution in [1.82, 2.24) is 35.2 Å². The van der Waals surface area contributed by atoms with Crippen LogP contribution in [0, 0.1) is 0 Å². The summed E-state index contributed by atoms with van der Waals surface area (Å²) >= 11 is 17.3. The highest BCUT2D eigenvalue weighted by Crippen LogP contribution is 2.30. The summed E-state index contributed by atoms with van der Waals surface area (Å²) in [5.74, 6) is 0.886. The van der Waals surface area contributed by atoms with Crippen LogP contribution >= 0.6 is 50.9 Å². The van der Waals surface area contributed by atoms with E-state index >= 15 is 0 Å². The van der Waals surface area contributed by atoms with Crippen LogP contribution in [-0.2, 0) is 11.3 Å². The van der Waals surface area contributed by atoms with Crippen molar-refractivity contribution in [2.24, 2.45) is 5.10 Å². The van der Waals surface area contributed by atoms with Gasteiger partial charge >= 0.3 is 0 Å². The van der Waals surface area contributed by atoms with Crippen molar-refractivity contribution >= 4 is 74.0 Å². The number of hydrogen-bond donors (Lipinski definition) is 1. The number of carbonyl (C=O) groups excluding carboxylic acids is 1. The molecule has 0 fully saturated rings. The molecule has 0 bridgehead atoms. The number of amides is 1. The van der Waals surface area contributed by atoms with E-state index in [2.05, 4.69) is 47.0 Å². The van der Waals surface area contributed by atoms with Crippen LogP contribution in [0.2, 0.25) is 10.0 Å². The minimum Gasteiger partial charge on any atom is -0.496 e. The normalized spacial score (nSPS) is 11.4. The van der Waals surface area contributed by atoms with Crippen molar-refractivity contribution in [3.8, 4) is 11.4 Å². The van der Waals surface area contributed by atoms with Crippen LogP contribution in [0.4, 0.5) is 0 Å². The quantitative estimate of drug-likeness (QED) is 0.130. The summed E-state index contributed by atoms with van der Waals surface area (Å²) in [4.78, 5) is 12.6. The lowest BCUT2D eigenvalue weighted by molar-refractivity contribution is -0.118. The summed E-state index contributed by atoms with van der Waals surface area (Å²) in [5.41, 5.74) is 5.47. The molecule has 0 spiro atoms. The molecule has 1 N–H and O–H groups in total. The van der Waals surface area contributed by atoms with Crippen molar-refractivity contribution in [3.05, 3.63) is 86.6 Å². The number of rotatable bonds is 9. The lowest BCUT2D eigenvalue weighted by atomic mass is 10.2. The number of nitrogens with one attached hydrogen (secondary N) is 1. The zero-order valence-electron chi connectivity index (χ0n) is 20.3. The molecule has 0 aliphatic carbocycles. The first-order chi connectivity index (χ1) is 18.9. The number of thioether (sulfide) groups is 1. The molecule has 198 valence electrons. The predicted molar refractivity (Wildman–Crippen MR) is 155 cm³/mol. The average molecular weight is 646 g/mol. The highest BCUT2D eigenvalue weighted by atomic mass is 79.9. The number of nitrogens with zero attached hydrogens (tertiary/aromatic N) is 7. The monoisotopic (exact) mass is 644 g/mol. The van der Waals surface area contributed by atoms with E-state index in [0.29, 0.717) is 38.0 Å². The van der Waals surface area contributed by atoms with E-state index in [4.69, 9.17) is 27.9 Å². The number of fused-ring (bicyclic) bond motifs is 1. The fraction of sp³-hybridized carbons (Fsp3) is 0.120. The highest BCUT2D eigenvalue weighted by Gasteiger charge is 2.19. The van der Waals surface area contributed by atoms with Crippen molar-refractivity contribution in [1.29, 1.82) is 0 Å². The Morgan fingerprint density at radius 2 is 1.97 bits per heavy atom. The average Bonchev–Trinajstić information content (AvgIpc) is 3.52. The van der Waals surface area contributed by atoms with E-state index in [-0.39, 0.29) is 18.2 Å². The molecule has 0 saturated carbocycles. The Labute approximate surface area is 245 Å². The lowest BCUT2D eigenvalue weighted by Crippen LogP contribution is -2.20. The number of para-hydroxylation sites is 1. The molecule has 5 aromatic rings. The fourth-order valence-electron chi connectivity index (χ4n) is 3.71. The largest absolute Gasteiger partial charge is 0.496 e. The summed E-state index contributed by atoms with van der Waals surface area (Å²) in [5, 5.41) is 22.6. The van der Waals surface area contributed by atoms with Crippen LogP contribution in [0.1, 0.15) is 11.4 Å². The lowest BCUT2D eigenvalue weighted by Gasteiger charge is -2.12. The van der Waals surface area contributed by atoms with Gasteiger partial charge in [-0.05, 0) is 48.5 Å². The first kappa shape index (κ1) is 27.1. The summed E-state index contributed by atoms with van der Waals surface area (Å²) in [6.07, 6.45) is 1.52. The number of hydrogen-bond acceptors (Lipinski definition) is 8. The van der Waals surface area contributed by atoms with Gasteiger partial charge in [-0.2, -0.15) is 5.10 Å². The van der Waals surface area contributed by atoms with Crippen molar-refractivity contribution < 1.29 is 9.53 Å². The second-order valence-corrected chi connectivity index (χ2v) is 10.7. The molecule has 0 atom stereocenters. The molecule has 0 unspecified atom stereocenters. The van der Waals surface area contributed by atoms with Gasteiger partial charge < -0.3 is 4.74 Å². The van der Waals surface area contributed by atoms with Crippen molar-refractivity contribution in [2.45, 2.75) is 11.7 Å². The smallest absolute Gasteiger partial charge is 0.250 e. The Morgan fingerprint density at radius 1 is 1.13 bits per heavy atom. The van der Waals surface area contributed by atoms with Gasteiger partial charge in [0.25, 0.3) is 5.91 Å². The Bertz CT molecular complexity index is 1690. The third-order valence-corrected chi connectivity index (χ3v) is 7.44. The Hall–Kier alpha value is -3.45. The zero-order valence-corrected chi connectivity index (χ0v) is 24.2. The predicted octanol–water partition coefficient (Wildman–Crippen LogP) is 5.38. The van der Waals surface area contributed by atoms with Gasteiger partial charge in [0.15, 0.2) is 11.0 Å². The first-order valence-corrected chi connectivity index (χ1v) is 13.9. The molecule has 14 heteroatoms. The molecular weight excluding hydrogens is 627 g/mol. The molecule has 2 heterocycles. The van der Waals surface area contributed by atoms with Crippen molar-refractivity contribution in [3.63, 3.8) is 0 Å². The van der Waals surface area contributed by atoms with Crippen LogP contribution in [0.15, 0.2) is 75.4 Å². The van der Waals surface area contributed by atoms with E-state index in [0.717, 1.165) is 15.5 Å². The molecule has 0 aliphatic heterocycles. The van der Waals surface area contributed by atoms with E-state index in [1.54, 1.807) is 40.6 Å². The van der Waals surface area contributed by atoms with Gasteiger partial charge in [0.05, 0.1) is 35.3 Å². The minimum absolute atomic E-state index is 0.0303. The number of halogens is 3. The molecule has 3 aromatic carbocycles. The summed E-state index contributed by atoms with van der Waals surface area (Å²) in [6.45, 7) is 0.276. The number of ether oxygens (including phenoxy) is 1. The number of carbonyl (C=O) groups is 1. The molecule has 0 radical (unpaired) electrons. The molecule has 1 amide bonds. The third kappa shape index (κ3) is 6.25.